The molecule has 9 aromatic rings. The van der Waals surface area contributed by atoms with Gasteiger partial charge in [0.1, 0.15) is 11.5 Å². The van der Waals surface area contributed by atoms with Gasteiger partial charge in [0.25, 0.3) is 0 Å². The zero-order valence-corrected chi connectivity index (χ0v) is 32.6. The molecule has 1 aromatic heterocycles. The van der Waals surface area contributed by atoms with E-state index in [1.165, 1.54) is 72.0 Å². The first-order chi connectivity index (χ1) is 27.8. The Morgan fingerprint density at radius 3 is 1.84 bits per heavy atom. The van der Waals surface area contributed by atoms with Gasteiger partial charge in [-0.25, -0.2) is 0 Å². The first-order valence-corrected chi connectivity index (χ1v) is 19.9. The van der Waals surface area contributed by atoms with Crippen LogP contribution in [0.15, 0.2) is 182 Å². The van der Waals surface area contributed by atoms with Crippen molar-refractivity contribution < 1.29 is 4.74 Å². The number of fused-ring (bicyclic) bond motifs is 8. The van der Waals surface area contributed by atoms with Crippen molar-refractivity contribution in [3.63, 3.8) is 0 Å². The van der Waals surface area contributed by atoms with E-state index >= 15 is 0 Å². The van der Waals surface area contributed by atoms with E-state index in [4.69, 9.17) is 4.74 Å². The quantitative estimate of drug-likeness (QED) is 0.175. The Balaban J connectivity index is 1.03. The fraction of sp³-hybridized carbons (Fsp3) is 0.111. The molecule has 11 rings (SSSR count). The number of hydrogen-bond donors (Lipinski definition) is 0. The molecule has 274 valence electrons. The minimum absolute atomic E-state index is 0.119. The Labute approximate surface area is 334 Å². The maximum atomic E-state index is 6.67. The monoisotopic (exact) mass is 734 g/mol. The molecular formula is C54H42N2O. The standard InChI is InChI=1S/C54H42N2O/c1-53(2)45-18-10-8-16-41(45)42-29-27-39(33-48(42)53)55(40-28-30-47-52(34-40)57-51-21-13-11-19-46(51)54(47,3)4)38-25-22-35(23-26-38)36-24-31-50-44(32-36)43-17-9-12-20-49(43)56(50)37-14-6-5-7-15-37/h5-34H,1-4H3. The number of rotatable bonds is 5. The smallest absolute Gasteiger partial charge is 0.133 e. The second-order valence-electron chi connectivity index (χ2n) is 16.6. The van der Waals surface area contributed by atoms with Gasteiger partial charge in [-0.1, -0.05) is 137 Å². The number of nitrogens with zero attached hydrogens (tertiary/aromatic N) is 2. The second kappa shape index (κ2) is 12.3. The van der Waals surface area contributed by atoms with E-state index < -0.39 is 0 Å². The molecule has 0 unspecified atom stereocenters. The zero-order valence-electron chi connectivity index (χ0n) is 32.6. The highest BCUT2D eigenvalue weighted by molar-refractivity contribution is 6.10. The molecule has 0 atom stereocenters. The van der Waals surface area contributed by atoms with E-state index in [1.807, 2.05) is 0 Å². The SMILES string of the molecule is CC1(C)c2ccccc2Oc2cc(N(c3ccc(-c4ccc5c(c4)c4ccccc4n5-c4ccccc4)cc3)c3ccc4c(c3)C(C)(C)c3ccccc3-4)ccc21. The van der Waals surface area contributed by atoms with Crippen molar-refractivity contribution in [2.24, 2.45) is 0 Å². The average molecular weight is 735 g/mol. The normalized spacial score (nSPS) is 14.4. The lowest BCUT2D eigenvalue weighted by atomic mass is 9.76. The van der Waals surface area contributed by atoms with Crippen LogP contribution in [0.1, 0.15) is 49.9 Å². The highest BCUT2D eigenvalue weighted by atomic mass is 16.5. The van der Waals surface area contributed by atoms with Crippen LogP contribution in [0.5, 0.6) is 11.5 Å². The summed E-state index contributed by atoms with van der Waals surface area (Å²) in [4.78, 5) is 2.39. The minimum atomic E-state index is -0.187. The molecule has 2 aliphatic rings. The summed E-state index contributed by atoms with van der Waals surface area (Å²) in [5.74, 6) is 1.82. The number of anilines is 3. The Morgan fingerprint density at radius 2 is 1.00 bits per heavy atom. The lowest BCUT2D eigenvalue weighted by Crippen LogP contribution is -2.24. The third kappa shape index (κ3) is 5.05. The van der Waals surface area contributed by atoms with Crippen molar-refractivity contribution >= 4 is 38.9 Å². The number of benzene rings is 8. The van der Waals surface area contributed by atoms with Crippen molar-refractivity contribution in [1.82, 2.24) is 4.57 Å². The third-order valence-electron chi connectivity index (χ3n) is 12.6. The Kier molecular flexibility index (Phi) is 7.25. The Morgan fingerprint density at radius 1 is 0.404 bits per heavy atom. The summed E-state index contributed by atoms with van der Waals surface area (Å²) < 4.78 is 9.04. The van der Waals surface area contributed by atoms with Gasteiger partial charge in [-0.2, -0.15) is 0 Å². The fourth-order valence-corrected chi connectivity index (χ4v) is 9.68. The minimum Gasteiger partial charge on any atom is -0.457 e. The molecule has 0 saturated carbocycles. The fourth-order valence-electron chi connectivity index (χ4n) is 9.68. The molecule has 1 aliphatic heterocycles. The zero-order chi connectivity index (χ0) is 38.5. The highest BCUT2D eigenvalue weighted by Crippen LogP contribution is 2.53. The van der Waals surface area contributed by atoms with E-state index in [0.29, 0.717) is 0 Å². The number of para-hydroxylation sites is 3. The number of ether oxygens (including phenoxy) is 1. The van der Waals surface area contributed by atoms with Crippen LogP contribution in [-0.2, 0) is 10.8 Å². The maximum absolute atomic E-state index is 6.67. The molecule has 0 saturated heterocycles. The Bertz CT molecular complexity index is 3040. The highest BCUT2D eigenvalue weighted by Gasteiger charge is 2.37. The van der Waals surface area contributed by atoms with Gasteiger partial charge in [-0.3, -0.25) is 0 Å². The van der Waals surface area contributed by atoms with Crippen molar-refractivity contribution in [2.45, 2.75) is 38.5 Å². The topological polar surface area (TPSA) is 17.4 Å². The summed E-state index contributed by atoms with van der Waals surface area (Å²) in [6.07, 6.45) is 0. The number of hydrogen-bond acceptors (Lipinski definition) is 2. The first kappa shape index (κ1) is 33.5. The van der Waals surface area contributed by atoms with Crippen molar-refractivity contribution in [3.05, 3.63) is 204 Å². The summed E-state index contributed by atoms with van der Waals surface area (Å²) in [6.45, 7) is 9.28. The van der Waals surface area contributed by atoms with Gasteiger partial charge < -0.3 is 14.2 Å². The van der Waals surface area contributed by atoms with Crippen molar-refractivity contribution in [1.29, 1.82) is 0 Å². The molecule has 0 bridgehead atoms. The van der Waals surface area contributed by atoms with E-state index in [1.54, 1.807) is 0 Å². The van der Waals surface area contributed by atoms with Gasteiger partial charge in [-0.05, 0) is 100 Å². The summed E-state index contributed by atoms with van der Waals surface area (Å²) in [6, 6.07) is 66.3. The average Bonchev–Trinajstić information content (AvgIpc) is 3.69. The molecule has 2 heterocycles. The molecule has 0 spiro atoms. The molecule has 0 radical (unpaired) electrons. The lowest BCUT2D eigenvalue weighted by molar-refractivity contribution is 0.418. The summed E-state index contributed by atoms with van der Waals surface area (Å²) >= 11 is 0. The van der Waals surface area contributed by atoms with Crippen molar-refractivity contribution in [2.75, 3.05) is 4.90 Å². The molecule has 3 heteroatoms. The van der Waals surface area contributed by atoms with Gasteiger partial charge >= 0.3 is 0 Å². The van der Waals surface area contributed by atoms with Gasteiger partial charge in [0.15, 0.2) is 0 Å². The van der Waals surface area contributed by atoms with E-state index in [0.717, 1.165) is 28.6 Å². The van der Waals surface area contributed by atoms with Gasteiger partial charge in [0.2, 0.25) is 0 Å². The summed E-state index contributed by atoms with van der Waals surface area (Å²) in [7, 11) is 0. The molecule has 1 aliphatic carbocycles. The molecule has 57 heavy (non-hydrogen) atoms. The molecule has 3 nitrogen and oxygen atoms in total. The lowest BCUT2D eigenvalue weighted by Gasteiger charge is -2.35. The second-order valence-corrected chi connectivity index (χ2v) is 16.6. The van der Waals surface area contributed by atoms with E-state index in [2.05, 4.69) is 219 Å². The largest absolute Gasteiger partial charge is 0.457 e. The van der Waals surface area contributed by atoms with E-state index in [9.17, 15) is 0 Å². The third-order valence-corrected chi connectivity index (χ3v) is 12.6. The Hall–Kier alpha value is -6.84. The number of aromatic nitrogens is 1. The van der Waals surface area contributed by atoms with Crippen LogP contribution in [-0.4, -0.2) is 4.57 Å². The summed E-state index contributed by atoms with van der Waals surface area (Å²) in [5.41, 5.74) is 16.7. The first-order valence-electron chi connectivity index (χ1n) is 19.9. The van der Waals surface area contributed by atoms with Gasteiger partial charge in [0.05, 0.1) is 11.0 Å². The molecule has 0 fully saturated rings. The van der Waals surface area contributed by atoms with Crippen LogP contribution >= 0.6 is 0 Å². The predicted molar refractivity (Wildman–Crippen MR) is 237 cm³/mol. The van der Waals surface area contributed by atoms with Crippen LogP contribution in [0.25, 0.3) is 49.7 Å². The van der Waals surface area contributed by atoms with Crippen LogP contribution in [0, 0.1) is 0 Å². The van der Waals surface area contributed by atoms with Crippen molar-refractivity contribution in [3.8, 4) is 39.4 Å². The molecule has 8 aromatic carbocycles. The van der Waals surface area contributed by atoms with Crippen LogP contribution in [0.3, 0.4) is 0 Å². The maximum Gasteiger partial charge on any atom is 0.133 e. The van der Waals surface area contributed by atoms with Crippen LogP contribution in [0.2, 0.25) is 0 Å². The van der Waals surface area contributed by atoms with Gasteiger partial charge in [0, 0.05) is 61.5 Å². The molecule has 0 N–H and O–H groups in total. The molecular weight excluding hydrogens is 693 g/mol. The molecule has 0 amide bonds. The van der Waals surface area contributed by atoms with Crippen LogP contribution in [0.4, 0.5) is 17.1 Å². The predicted octanol–water partition coefficient (Wildman–Crippen LogP) is 14.7. The van der Waals surface area contributed by atoms with Gasteiger partial charge in [-0.15, -0.1) is 0 Å². The summed E-state index contributed by atoms with van der Waals surface area (Å²) in [5, 5.41) is 2.50. The van der Waals surface area contributed by atoms with E-state index in [-0.39, 0.29) is 10.8 Å². The van der Waals surface area contributed by atoms with Crippen LogP contribution < -0.4 is 9.64 Å².